The van der Waals surface area contributed by atoms with Crippen molar-refractivity contribution in [2.75, 3.05) is 39.3 Å². The van der Waals surface area contributed by atoms with Crippen LogP contribution in [0.1, 0.15) is 34.7 Å². The number of allylic oxidation sites excluding steroid dienone is 2. The van der Waals surface area contributed by atoms with E-state index in [1.54, 1.807) is 24.5 Å². The van der Waals surface area contributed by atoms with E-state index in [0.29, 0.717) is 43.6 Å². The van der Waals surface area contributed by atoms with E-state index in [1.807, 2.05) is 35.2 Å². The number of Topliss-reactive ketones (excluding diaryl/α,β-unsaturated/α-hetero) is 1. The van der Waals surface area contributed by atoms with Crippen LogP contribution in [0.4, 0.5) is 0 Å². The highest BCUT2D eigenvalue weighted by Gasteiger charge is 2.27. The lowest BCUT2D eigenvalue weighted by atomic mass is 9.83. The van der Waals surface area contributed by atoms with Crippen molar-refractivity contribution in [2.24, 2.45) is 4.99 Å². The van der Waals surface area contributed by atoms with Gasteiger partial charge in [-0.2, -0.15) is 0 Å². The summed E-state index contributed by atoms with van der Waals surface area (Å²) in [4.78, 5) is 37.6. The number of aliphatic hydroxyl groups is 1. The molecule has 0 saturated carbocycles. The van der Waals surface area contributed by atoms with Gasteiger partial charge in [0.2, 0.25) is 0 Å². The second kappa shape index (κ2) is 10.3. The first-order chi connectivity index (χ1) is 15.6. The molecule has 2 aromatic rings. The summed E-state index contributed by atoms with van der Waals surface area (Å²) in [5, 5.41) is 10.4. The number of aromatic nitrogens is 1. The Labute approximate surface area is 188 Å². The highest BCUT2D eigenvalue weighted by Crippen LogP contribution is 2.32. The van der Waals surface area contributed by atoms with E-state index < -0.39 is 0 Å². The average molecular weight is 433 g/mol. The number of ketones is 1. The number of carbonyl (C=O) groups is 2. The Kier molecular flexibility index (Phi) is 7.07. The van der Waals surface area contributed by atoms with Gasteiger partial charge in [0.25, 0.3) is 5.91 Å². The lowest BCUT2D eigenvalue weighted by Gasteiger charge is -2.34. The Bertz CT molecular complexity index is 996. The van der Waals surface area contributed by atoms with E-state index in [4.69, 9.17) is 0 Å². The monoisotopic (exact) mass is 432 g/mol. The van der Waals surface area contributed by atoms with Crippen LogP contribution < -0.4 is 0 Å². The van der Waals surface area contributed by atoms with Crippen LogP contribution in [0.25, 0.3) is 0 Å². The maximum absolute atomic E-state index is 12.5. The number of piperazine rings is 1. The minimum absolute atomic E-state index is 0.0165. The standard InChI is InChI=1S/C25H28N4O3/c30-23-15-21(19-5-2-1-3-6-19)16-24(31)22(23)18-27-9-10-28-11-13-29(14-12-28)25(32)20-7-4-8-26-17-20/h1-8,17-18,21,30H,9-16H2. The number of amides is 1. The predicted molar refractivity (Wildman–Crippen MR) is 123 cm³/mol. The number of hydrogen-bond donors (Lipinski definition) is 1. The van der Waals surface area contributed by atoms with Crippen molar-refractivity contribution in [3.8, 4) is 0 Å². The summed E-state index contributed by atoms with van der Waals surface area (Å²) in [6, 6.07) is 13.4. The number of pyridine rings is 1. The maximum Gasteiger partial charge on any atom is 0.255 e. The van der Waals surface area contributed by atoms with Crippen LogP contribution in [0.3, 0.4) is 0 Å². The molecule has 166 valence electrons. The normalized spacial score (nSPS) is 20.2. The van der Waals surface area contributed by atoms with E-state index in [-0.39, 0.29) is 23.4 Å². The zero-order valence-electron chi connectivity index (χ0n) is 18.1. The highest BCUT2D eigenvalue weighted by atomic mass is 16.3. The van der Waals surface area contributed by atoms with Crippen molar-refractivity contribution in [2.45, 2.75) is 18.8 Å². The predicted octanol–water partition coefficient (Wildman–Crippen LogP) is 2.87. The lowest BCUT2D eigenvalue weighted by Crippen LogP contribution is -2.49. The summed E-state index contributed by atoms with van der Waals surface area (Å²) in [5.74, 6) is 0.101. The fourth-order valence-electron chi connectivity index (χ4n) is 4.22. The van der Waals surface area contributed by atoms with Gasteiger partial charge in [0.15, 0.2) is 5.78 Å². The first-order valence-electron chi connectivity index (χ1n) is 11.0. The molecule has 1 N–H and O–H groups in total. The van der Waals surface area contributed by atoms with Crippen molar-refractivity contribution in [1.82, 2.24) is 14.8 Å². The number of rotatable bonds is 6. The van der Waals surface area contributed by atoms with E-state index in [0.717, 1.165) is 25.2 Å². The van der Waals surface area contributed by atoms with Gasteiger partial charge in [0.05, 0.1) is 17.7 Å². The SMILES string of the molecule is O=C1CC(c2ccccc2)CC(O)=C1C=NCCN1CCN(C(=O)c2cccnc2)CC1. The molecule has 1 amide bonds. The Balaban J connectivity index is 1.24. The average Bonchev–Trinajstić information content (AvgIpc) is 2.84. The molecule has 32 heavy (non-hydrogen) atoms. The Morgan fingerprint density at radius 1 is 1.09 bits per heavy atom. The number of nitrogens with zero attached hydrogens (tertiary/aromatic N) is 4. The second-order valence-electron chi connectivity index (χ2n) is 8.21. The molecule has 1 aromatic carbocycles. The van der Waals surface area contributed by atoms with E-state index in [9.17, 15) is 14.7 Å². The number of carbonyl (C=O) groups excluding carboxylic acids is 2. The quantitative estimate of drug-likeness (QED) is 0.710. The van der Waals surface area contributed by atoms with Gasteiger partial charge in [0, 0.05) is 64.2 Å². The molecule has 1 atom stereocenters. The van der Waals surface area contributed by atoms with Gasteiger partial charge in [-0.1, -0.05) is 30.3 Å². The van der Waals surface area contributed by atoms with E-state index >= 15 is 0 Å². The zero-order valence-corrected chi connectivity index (χ0v) is 18.1. The fourth-order valence-corrected chi connectivity index (χ4v) is 4.22. The summed E-state index contributed by atoms with van der Waals surface area (Å²) in [6.07, 6.45) is 5.64. The van der Waals surface area contributed by atoms with E-state index in [1.165, 1.54) is 6.21 Å². The molecule has 0 spiro atoms. The zero-order chi connectivity index (χ0) is 22.3. The first kappa shape index (κ1) is 21.9. The van der Waals surface area contributed by atoms with Gasteiger partial charge in [0.1, 0.15) is 5.76 Å². The lowest BCUT2D eigenvalue weighted by molar-refractivity contribution is -0.116. The van der Waals surface area contributed by atoms with Gasteiger partial charge in [-0.3, -0.25) is 24.5 Å². The summed E-state index contributed by atoms with van der Waals surface area (Å²) < 4.78 is 0. The summed E-state index contributed by atoms with van der Waals surface area (Å²) in [5.41, 5.74) is 2.03. The third-order valence-electron chi connectivity index (χ3n) is 6.09. The van der Waals surface area contributed by atoms with Gasteiger partial charge in [-0.25, -0.2) is 0 Å². The smallest absolute Gasteiger partial charge is 0.255 e. The molecular formula is C25H28N4O3. The van der Waals surface area contributed by atoms with Crippen LogP contribution in [0.2, 0.25) is 0 Å². The molecule has 1 saturated heterocycles. The third-order valence-corrected chi connectivity index (χ3v) is 6.09. The largest absolute Gasteiger partial charge is 0.511 e. The number of aliphatic imine (C=N–C) groups is 1. The maximum atomic E-state index is 12.5. The van der Waals surface area contributed by atoms with Crippen molar-refractivity contribution < 1.29 is 14.7 Å². The number of benzene rings is 1. The van der Waals surface area contributed by atoms with Crippen LogP contribution in [0.5, 0.6) is 0 Å². The molecule has 1 aliphatic heterocycles. The van der Waals surface area contributed by atoms with Gasteiger partial charge in [-0.05, 0) is 23.6 Å². The molecule has 2 aliphatic rings. The molecule has 1 aliphatic carbocycles. The highest BCUT2D eigenvalue weighted by molar-refractivity contribution is 6.14. The molecule has 1 aromatic heterocycles. The minimum atomic E-state index is -0.0612. The molecule has 2 heterocycles. The molecule has 0 bridgehead atoms. The van der Waals surface area contributed by atoms with Crippen LogP contribution in [0, 0.1) is 0 Å². The molecular weight excluding hydrogens is 404 g/mol. The van der Waals surface area contributed by atoms with E-state index in [2.05, 4.69) is 14.9 Å². The van der Waals surface area contributed by atoms with Crippen molar-refractivity contribution in [1.29, 1.82) is 0 Å². The molecule has 1 unspecified atom stereocenters. The van der Waals surface area contributed by atoms with Gasteiger partial charge < -0.3 is 10.0 Å². The first-order valence-corrected chi connectivity index (χ1v) is 11.0. The summed E-state index contributed by atoms with van der Waals surface area (Å²) in [7, 11) is 0. The summed E-state index contributed by atoms with van der Waals surface area (Å²) >= 11 is 0. The molecule has 7 nitrogen and oxygen atoms in total. The fraction of sp³-hybridized carbons (Fsp3) is 0.360. The molecule has 4 rings (SSSR count). The van der Waals surface area contributed by atoms with Crippen LogP contribution in [-0.4, -0.2) is 77.1 Å². The van der Waals surface area contributed by atoms with Crippen molar-refractivity contribution in [3.05, 3.63) is 77.3 Å². The minimum Gasteiger partial charge on any atom is -0.511 e. The Hall–Kier alpha value is -3.32. The third kappa shape index (κ3) is 5.29. The second-order valence-corrected chi connectivity index (χ2v) is 8.21. The molecule has 0 radical (unpaired) electrons. The van der Waals surface area contributed by atoms with Crippen LogP contribution in [0.15, 0.2) is 71.2 Å². The van der Waals surface area contributed by atoms with Gasteiger partial charge in [-0.15, -0.1) is 0 Å². The molecule has 1 fully saturated rings. The topological polar surface area (TPSA) is 86.1 Å². The summed E-state index contributed by atoms with van der Waals surface area (Å²) in [6.45, 7) is 4.20. The number of aliphatic hydroxyl groups excluding tert-OH is 1. The Morgan fingerprint density at radius 3 is 2.56 bits per heavy atom. The molecule has 7 heteroatoms. The van der Waals surface area contributed by atoms with Crippen molar-refractivity contribution in [3.63, 3.8) is 0 Å². The van der Waals surface area contributed by atoms with Gasteiger partial charge >= 0.3 is 0 Å². The van der Waals surface area contributed by atoms with Crippen LogP contribution >= 0.6 is 0 Å². The Morgan fingerprint density at radius 2 is 1.88 bits per heavy atom. The van der Waals surface area contributed by atoms with Crippen LogP contribution in [-0.2, 0) is 4.79 Å². The number of hydrogen-bond acceptors (Lipinski definition) is 6. The van der Waals surface area contributed by atoms with Crippen molar-refractivity contribution >= 4 is 17.9 Å².